The lowest BCUT2D eigenvalue weighted by Gasteiger charge is -2.18. The molecule has 0 aliphatic carbocycles. The smallest absolute Gasteiger partial charge is 0.316 e. The van der Waals surface area contributed by atoms with Gasteiger partial charge in [-0.25, -0.2) is 14.2 Å². The van der Waals surface area contributed by atoms with E-state index in [1.807, 2.05) is 27.7 Å². The Labute approximate surface area is 173 Å². The molecule has 7 nitrogen and oxygen atoms in total. The summed E-state index contributed by atoms with van der Waals surface area (Å²) in [5.41, 5.74) is 5.76. The lowest BCUT2D eigenvalue weighted by molar-refractivity contribution is 0.0783. The second-order valence-electron chi connectivity index (χ2n) is 7.24. The quantitative estimate of drug-likeness (QED) is 0.525. The van der Waals surface area contributed by atoms with Gasteiger partial charge in [-0.2, -0.15) is 0 Å². The van der Waals surface area contributed by atoms with Crippen LogP contribution in [0, 0.1) is 5.82 Å². The highest BCUT2D eigenvalue weighted by Crippen LogP contribution is 2.32. The van der Waals surface area contributed by atoms with Crippen LogP contribution in [0.5, 0.6) is 0 Å². The van der Waals surface area contributed by atoms with E-state index in [-0.39, 0.29) is 11.8 Å². The largest absolute Gasteiger partial charge is 0.383 e. The van der Waals surface area contributed by atoms with Gasteiger partial charge in [-0.05, 0) is 37.6 Å². The number of nitrogens with one attached hydrogen (secondary N) is 1. The van der Waals surface area contributed by atoms with E-state index in [0.29, 0.717) is 22.0 Å². The van der Waals surface area contributed by atoms with Gasteiger partial charge in [0.1, 0.15) is 16.4 Å². The van der Waals surface area contributed by atoms with Crippen molar-refractivity contribution in [1.29, 1.82) is 0 Å². The van der Waals surface area contributed by atoms with Crippen molar-refractivity contribution in [2.75, 3.05) is 5.32 Å². The molecule has 6 N–H and O–H groups in total. The SMILES string of the molecule is CC(C)(O)c1ncc(SN)s1.CC(C)c1ncc(F)c(C(C)C)c1NC(N)=O. The van der Waals surface area contributed by atoms with Crippen LogP contribution in [0.15, 0.2) is 16.6 Å². The lowest BCUT2D eigenvalue weighted by atomic mass is 9.96. The zero-order valence-corrected chi connectivity index (χ0v) is 18.5. The maximum absolute atomic E-state index is 13.7. The molecule has 0 unspecified atom stereocenters. The third kappa shape index (κ3) is 6.69. The van der Waals surface area contributed by atoms with E-state index in [9.17, 15) is 14.3 Å². The molecule has 2 amide bonds. The first-order valence-corrected chi connectivity index (χ1v) is 10.4. The van der Waals surface area contributed by atoms with Crippen LogP contribution in [0.4, 0.5) is 14.9 Å². The second-order valence-corrected chi connectivity index (χ2v) is 9.20. The molecular weight excluding hydrogens is 401 g/mol. The number of halogens is 1. The third-order valence-electron chi connectivity index (χ3n) is 3.60. The van der Waals surface area contributed by atoms with Crippen molar-refractivity contribution >= 4 is 35.0 Å². The summed E-state index contributed by atoms with van der Waals surface area (Å²) in [7, 11) is 0. The molecule has 2 aromatic rings. The normalized spacial score (nSPS) is 11.4. The van der Waals surface area contributed by atoms with Crippen LogP contribution < -0.4 is 16.2 Å². The predicted octanol–water partition coefficient (Wildman–Crippen LogP) is 4.29. The molecule has 0 aliphatic rings. The molecule has 28 heavy (non-hydrogen) atoms. The van der Waals surface area contributed by atoms with Gasteiger partial charge in [0.25, 0.3) is 0 Å². The summed E-state index contributed by atoms with van der Waals surface area (Å²) in [6.45, 7) is 11.0. The number of nitrogens with zero attached hydrogens (tertiary/aromatic N) is 2. The van der Waals surface area contributed by atoms with Gasteiger partial charge in [0.15, 0.2) is 0 Å². The molecular formula is C18H28FN5O2S2. The Morgan fingerprint density at radius 3 is 2.21 bits per heavy atom. The Balaban J connectivity index is 0.000000307. The molecule has 0 aliphatic heterocycles. The lowest BCUT2D eigenvalue weighted by Crippen LogP contribution is -2.22. The number of thiazole rings is 1. The van der Waals surface area contributed by atoms with E-state index >= 15 is 0 Å². The molecule has 0 spiro atoms. The third-order valence-corrected chi connectivity index (χ3v) is 5.58. The molecule has 0 bridgehead atoms. The molecule has 0 aromatic carbocycles. The van der Waals surface area contributed by atoms with Gasteiger partial charge in [-0.15, -0.1) is 11.3 Å². The minimum atomic E-state index is -0.849. The number of carbonyl (C=O) groups excluding carboxylic acids is 1. The fourth-order valence-corrected chi connectivity index (χ4v) is 3.57. The van der Waals surface area contributed by atoms with E-state index in [4.69, 9.17) is 10.9 Å². The second kappa shape index (κ2) is 10.1. The minimum absolute atomic E-state index is 0.0580. The fraction of sp³-hybridized carbons (Fsp3) is 0.500. The van der Waals surface area contributed by atoms with Crippen molar-refractivity contribution in [1.82, 2.24) is 9.97 Å². The summed E-state index contributed by atoms with van der Waals surface area (Å²) in [4.78, 5) is 19.0. The minimum Gasteiger partial charge on any atom is -0.383 e. The molecule has 2 rings (SSSR count). The van der Waals surface area contributed by atoms with E-state index in [2.05, 4.69) is 15.3 Å². The highest BCUT2D eigenvalue weighted by Gasteiger charge is 2.21. The van der Waals surface area contributed by atoms with Crippen molar-refractivity contribution < 1.29 is 14.3 Å². The zero-order chi connectivity index (χ0) is 21.6. The Hall–Kier alpha value is -1.75. The van der Waals surface area contributed by atoms with Crippen molar-refractivity contribution in [3.8, 4) is 0 Å². The molecule has 0 radical (unpaired) electrons. The summed E-state index contributed by atoms with van der Waals surface area (Å²) >= 11 is 2.57. The topological polar surface area (TPSA) is 127 Å². The monoisotopic (exact) mass is 429 g/mol. The number of hydrogen-bond acceptors (Lipinski definition) is 7. The number of urea groups is 1. The number of primary amides is 1. The highest BCUT2D eigenvalue weighted by molar-refractivity contribution is 7.99. The van der Waals surface area contributed by atoms with Gasteiger partial charge in [0, 0.05) is 5.56 Å². The number of pyridine rings is 1. The van der Waals surface area contributed by atoms with Gasteiger partial charge < -0.3 is 16.2 Å². The van der Waals surface area contributed by atoms with Gasteiger partial charge in [-0.1, -0.05) is 27.7 Å². The van der Waals surface area contributed by atoms with Crippen LogP contribution in [0.2, 0.25) is 0 Å². The van der Waals surface area contributed by atoms with Crippen LogP contribution in [-0.2, 0) is 5.60 Å². The standard InChI is InChI=1S/C12H18FN3O.C6H10N2OS2/c1-6(2)9-8(13)5-15-10(7(3)4)11(9)16-12(14)17;1-6(2,9)5-8-3-4(10-5)11-7/h5-7H,1-4H3,(H3,14,16,17);3,9H,7H2,1-2H3. The van der Waals surface area contributed by atoms with Gasteiger partial charge in [-0.3, -0.25) is 10.1 Å². The number of carbonyl (C=O) groups is 1. The van der Waals surface area contributed by atoms with Crippen molar-refractivity contribution in [3.63, 3.8) is 0 Å². The number of anilines is 1. The van der Waals surface area contributed by atoms with E-state index in [1.54, 1.807) is 20.0 Å². The number of aliphatic hydroxyl groups is 1. The highest BCUT2D eigenvalue weighted by atomic mass is 32.2. The average Bonchev–Trinajstić information content (AvgIpc) is 3.03. The molecule has 10 heteroatoms. The first-order valence-electron chi connectivity index (χ1n) is 8.68. The average molecular weight is 430 g/mol. The number of rotatable bonds is 5. The Morgan fingerprint density at radius 2 is 1.86 bits per heavy atom. The van der Waals surface area contributed by atoms with Crippen molar-refractivity contribution in [2.45, 2.75) is 63.2 Å². The van der Waals surface area contributed by atoms with Gasteiger partial charge >= 0.3 is 6.03 Å². The maximum atomic E-state index is 13.7. The number of amides is 2. The molecule has 2 aromatic heterocycles. The van der Waals surface area contributed by atoms with E-state index in [1.165, 1.54) is 17.5 Å². The Kier molecular flexibility index (Phi) is 8.80. The fourth-order valence-electron chi connectivity index (χ4n) is 2.37. The van der Waals surface area contributed by atoms with Crippen LogP contribution in [0.1, 0.15) is 69.6 Å². The first kappa shape index (κ1) is 24.3. The van der Waals surface area contributed by atoms with Crippen LogP contribution in [0.3, 0.4) is 0 Å². The molecule has 0 saturated heterocycles. The summed E-state index contributed by atoms with van der Waals surface area (Å²) in [6, 6.07) is -0.707. The van der Waals surface area contributed by atoms with Crippen LogP contribution in [0.25, 0.3) is 0 Å². The predicted molar refractivity (Wildman–Crippen MR) is 113 cm³/mol. The van der Waals surface area contributed by atoms with Crippen molar-refractivity contribution in [2.24, 2.45) is 10.9 Å². The molecule has 0 atom stereocenters. The van der Waals surface area contributed by atoms with Crippen LogP contribution in [-0.4, -0.2) is 21.1 Å². The van der Waals surface area contributed by atoms with Gasteiger partial charge in [0.2, 0.25) is 0 Å². The molecule has 2 heterocycles. The number of nitrogens with two attached hydrogens (primary N) is 2. The summed E-state index contributed by atoms with van der Waals surface area (Å²) < 4.78 is 14.7. The maximum Gasteiger partial charge on any atom is 0.316 e. The summed E-state index contributed by atoms with van der Waals surface area (Å²) in [6.07, 6.45) is 2.86. The van der Waals surface area contributed by atoms with Crippen molar-refractivity contribution in [3.05, 3.63) is 34.5 Å². The van der Waals surface area contributed by atoms with Crippen LogP contribution >= 0.6 is 23.3 Å². The molecule has 0 saturated carbocycles. The van der Waals surface area contributed by atoms with E-state index in [0.717, 1.165) is 16.2 Å². The van der Waals surface area contributed by atoms with E-state index < -0.39 is 17.4 Å². The van der Waals surface area contributed by atoms with Gasteiger partial charge in [0.05, 0.1) is 28.0 Å². The zero-order valence-electron chi connectivity index (χ0n) is 16.9. The summed E-state index contributed by atoms with van der Waals surface area (Å²) in [5, 5.41) is 18.0. The molecule has 0 fully saturated rings. The number of aromatic nitrogens is 2. The first-order chi connectivity index (χ1) is 12.9. The number of hydrogen-bond donors (Lipinski definition) is 4. The summed E-state index contributed by atoms with van der Waals surface area (Å²) in [5.74, 6) is -0.402. The Bertz CT molecular complexity index is 804. The molecule has 156 valence electrons. The Morgan fingerprint density at radius 1 is 1.25 bits per heavy atom.